The summed E-state index contributed by atoms with van der Waals surface area (Å²) in [5.74, 6) is -0.306. The van der Waals surface area contributed by atoms with Crippen molar-refractivity contribution in [2.75, 3.05) is 6.61 Å². The Balaban J connectivity index is 1.95. The molecule has 0 atom stereocenters. The molecular formula is C21H26O3. The number of hydrogen-bond acceptors (Lipinski definition) is 2. The Morgan fingerprint density at radius 2 is 1.67 bits per heavy atom. The van der Waals surface area contributed by atoms with Gasteiger partial charge < -0.3 is 9.84 Å². The first-order valence-corrected chi connectivity index (χ1v) is 8.78. The van der Waals surface area contributed by atoms with Crippen molar-refractivity contribution in [3.8, 4) is 16.9 Å². The van der Waals surface area contributed by atoms with E-state index in [1.165, 1.54) is 25.7 Å². The first-order valence-electron chi connectivity index (χ1n) is 8.78. The highest BCUT2D eigenvalue weighted by molar-refractivity contribution is 5.96. The molecule has 0 bridgehead atoms. The van der Waals surface area contributed by atoms with Crippen molar-refractivity contribution in [1.82, 2.24) is 0 Å². The standard InChI is InChI=1S/C21H26O3/c1-2-3-4-5-6-10-15-24-18-13-14-19(20(16-18)21(22)23)17-11-8-7-9-12-17/h7-9,11-14,16H,2-6,10,15H2,1H3,(H,22,23). The van der Waals surface area contributed by atoms with Crippen molar-refractivity contribution < 1.29 is 14.6 Å². The summed E-state index contributed by atoms with van der Waals surface area (Å²) in [5.41, 5.74) is 1.90. The van der Waals surface area contributed by atoms with Crippen LogP contribution in [0.2, 0.25) is 0 Å². The lowest BCUT2D eigenvalue weighted by molar-refractivity contribution is 0.0697. The molecule has 0 unspecified atom stereocenters. The molecule has 2 rings (SSSR count). The Morgan fingerprint density at radius 3 is 2.38 bits per heavy atom. The Bertz CT molecular complexity index is 635. The van der Waals surface area contributed by atoms with E-state index in [2.05, 4.69) is 6.92 Å². The van der Waals surface area contributed by atoms with Crippen LogP contribution in [-0.4, -0.2) is 17.7 Å². The second-order valence-electron chi connectivity index (χ2n) is 5.99. The van der Waals surface area contributed by atoms with Gasteiger partial charge in [-0.3, -0.25) is 0 Å². The normalized spacial score (nSPS) is 10.5. The van der Waals surface area contributed by atoms with Crippen LogP contribution >= 0.6 is 0 Å². The number of benzene rings is 2. The van der Waals surface area contributed by atoms with Crippen LogP contribution in [0.4, 0.5) is 0 Å². The summed E-state index contributed by atoms with van der Waals surface area (Å²) in [6, 6.07) is 14.9. The van der Waals surface area contributed by atoms with Gasteiger partial charge in [-0.2, -0.15) is 0 Å². The van der Waals surface area contributed by atoms with Gasteiger partial charge in [-0.25, -0.2) is 4.79 Å². The van der Waals surface area contributed by atoms with Crippen molar-refractivity contribution >= 4 is 5.97 Å². The first-order chi connectivity index (χ1) is 11.7. The summed E-state index contributed by atoms with van der Waals surface area (Å²) in [5, 5.41) is 9.49. The number of rotatable bonds is 10. The first kappa shape index (κ1) is 18.1. The molecule has 0 saturated heterocycles. The van der Waals surface area contributed by atoms with Crippen molar-refractivity contribution in [2.45, 2.75) is 45.4 Å². The van der Waals surface area contributed by atoms with E-state index >= 15 is 0 Å². The average Bonchev–Trinajstić information content (AvgIpc) is 2.61. The lowest BCUT2D eigenvalue weighted by Crippen LogP contribution is -2.02. The van der Waals surface area contributed by atoms with Gasteiger partial charge in [0, 0.05) is 0 Å². The minimum atomic E-state index is -0.932. The van der Waals surface area contributed by atoms with Gasteiger partial charge in [0.25, 0.3) is 0 Å². The molecule has 24 heavy (non-hydrogen) atoms. The van der Waals surface area contributed by atoms with Crippen molar-refractivity contribution in [3.05, 3.63) is 54.1 Å². The molecule has 3 nitrogen and oxygen atoms in total. The fraction of sp³-hybridized carbons (Fsp3) is 0.381. The maximum Gasteiger partial charge on any atom is 0.336 e. The van der Waals surface area contributed by atoms with E-state index in [0.29, 0.717) is 12.4 Å². The predicted molar refractivity (Wildman–Crippen MR) is 97.7 cm³/mol. The highest BCUT2D eigenvalue weighted by atomic mass is 16.5. The lowest BCUT2D eigenvalue weighted by Gasteiger charge is -2.11. The molecule has 0 aliphatic heterocycles. The highest BCUT2D eigenvalue weighted by Crippen LogP contribution is 2.27. The molecule has 0 fully saturated rings. The van der Waals surface area contributed by atoms with Crippen LogP contribution in [0.15, 0.2) is 48.5 Å². The second-order valence-corrected chi connectivity index (χ2v) is 5.99. The molecule has 0 aliphatic carbocycles. The monoisotopic (exact) mass is 326 g/mol. The van der Waals surface area contributed by atoms with Gasteiger partial charge in [0.05, 0.1) is 12.2 Å². The fourth-order valence-corrected chi connectivity index (χ4v) is 2.73. The van der Waals surface area contributed by atoms with Crippen LogP contribution in [0.1, 0.15) is 55.8 Å². The molecule has 128 valence electrons. The van der Waals surface area contributed by atoms with Gasteiger partial charge in [-0.05, 0) is 35.7 Å². The topological polar surface area (TPSA) is 46.5 Å². The van der Waals surface area contributed by atoms with Crippen LogP contribution < -0.4 is 4.74 Å². The number of carboxylic acids is 1. The van der Waals surface area contributed by atoms with Crippen molar-refractivity contribution in [2.24, 2.45) is 0 Å². The summed E-state index contributed by atoms with van der Waals surface area (Å²) in [7, 11) is 0. The summed E-state index contributed by atoms with van der Waals surface area (Å²) in [4.78, 5) is 11.6. The van der Waals surface area contributed by atoms with Gasteiger partial charge >= 0.3 is 5.97 Å². The molecule has 0 saturated carbocycles. The Labute approximate surface area is 144 Å². The average molecular weight is 326 g/mol. The van der Waals surface area contributed by atoms with Crippen molar-refractivity contribution in [3.63, 3.8) is 0 Å². The molecule has 0 amide bonds. The summed E-state index contributed by atoms with van der Waals surface area (Å²) in [6.45, 7) is 2.85. The van der Waals surface area contributed by atoms with Crippen LogP contribution in [0.3, 0.4) is 0 Å². The van der Waals surface area contributed by atoms with Gasteiger partial charge in [0.15, 0.2) is 0 Å². The van der Waals surface area contributed by atoms with Crippen LogP contribution in [0.5, 0.6) is 5.75 Å². The summed E-state index contributed by atoms with van der Waals surface area (Å²) < 4.78 is 5.73. The molecule has 2 aromatic carbocycles. The smallest absolute Gasteiger partial charge is 0.336 e. The van der Waals surface area contributed by atoms with E-state index in [-0.39, 0.29) is 5.56 Å². The van der Waals surface area contributed by atoms with E-state index in [0.717, 1.165) is 24.0 Å². The zero-order chi connectivity index (χ0) is 17.2. The minimum absolute atomic E-state index is 0.279. The number of ether oxygens (including phenoxy) is 1. The van der Waals surface area contributed by atoms with E-state index < -0.39 is 5.97 Å². The fourth-order valence-electron chi connectivity index (χ4n) is 2.73. The molecule has 1 N–H and O–H groups in total. The van der Waals surface area contributed by atoms with E-state index in [9.17, 15) is 9.90 Å². The molecule has 0 aliphatic rings. The number of unbranched alkanes of at least 4 members (excludes halogenated alkanes) is 5. The zero-order valence-corrected chi connectivity index (χ0v) is 14.3. The largest absolute Gasteiger partial charge is 0.494 e. The maximum atomic E-state index is 11.6. The van der Waals surface area contributed by atoms with Crippen LogP contribution in [0.25, 0.3) is 11.1 Å². The van der Waals surface area contributed by atoms with Gasteiger partial charge in [0.1, 0.15) is 5.75 Å². The van der Waals surface area contributed by atoms with E-state index in [1.807, 2.05) is 42.5 Å². The van der Waals surface area contributed by atoms with Gasteiger partial charge in [-0.1, -0.05) is 69.4 Å². The third-order valence-corrected chi connectivity index (χ3v) is 4.07. The van der Waals surface area contributed by atoms with Gasteiger partial charge in [-0.15, -0.1) is 0 Å². The van der Waals surface area contributed by atoms with Crippen LogP contribution in [-0.2, 0) is 0 Å². The summed E-state index contributed by atoms with van der Waals surface area (Å²) in [6.07, 6.45) is 7.24. The molecule has 3 heteroatoms. The Kier molecular flexibility index (Phi) is 7.34. The Morgan fingerprint density at radius 1 is 0.958 bits per heavy atom. The quantitative estimate of drug-likeness (QED) is 0.562. The second kappa shape index (κ2) is 9.76. The third-order valence-electron chi connectivity index (χ3n) is 4.07. The maximum absolute atomic E-state index is 11.6. The molecular weight excluding hydrogens is 300 g/mol. The summed E-state index contributed by atoms with van der Waals surface area (Å²) >= 11 is 0. The predicted octanol–water partition coefficient (Wildman–Crippen LogP) is 5.79. The minimum Gasteiger partial charge on any atom is -0.494 e. The molecule has 0 spiro atoms. The zero-order valence-electron chi connectivity index (χ0n) is 14.3. The number of aromatic carboxylic acids is 1. The SMILES string of the molecule is CCCCCCCCOc1ccc(-c2ccccc2)c(C(=O)O)c1. The van der Waals surface area contributed by atoms with Crippen LogP contribution in [0, 0.1) is 0 Å². The highest BCUT2D eigenvalue weighted by Gasteiger charge is 2.13. The van der Waals surface area contributed by atoms with E-state index in [4.69, 9.17) is 4.74 Å². The Hall–Kier alpha value is -2.29. The van der Waals surface area contributed by atoms with Crippen molar-refractivity contribution in [1.29, 1.82) is 0 Å². The van der Waals surface area contributed by atoms with E-state index in [1.54, 1.807) is 6.07 Å². The molecule has 0 heterocycles. The lowest BCUT2D eigenvalue weighted by atomic mass is 9.99. The number of carbonyl (C=O) groups is 1. The molecule has 0 aromatic heterocycles. The van der Waals surface area contributed by atoms with Gasteiger partial charge in [0.2, 0.25) is 0 Å². The molecule has 2 aromatic rings. The number of carboxylic acid groups (broad SMARTS) is 1. The number of hydrogen-bond donors (Lipinski definition) is 1. The molecule has 0 radical (unpaired) electrons. The third kappa shape index (κ3) is 5.41.